The predicted molar refractivity (Wildman–Crippen MR) is 153 cm³/mol. The van der Waals surface area contributed by atoms with Crippen LogP contribution in [0, 0.1) is 23.7 Å². The third-order valence-electron chi connectivity index (χ3n) is 5.89. The fourth-order valence-electron chi connectivity index (χ4n) is 3.88. The van der Waals surface area contributed by atoms with Crippen LogP contribution in [0.4, 0.5) is 18.9 Å². The number of sulfonamides is 1. The van der Waals surface area contributed by atoms with Gasteiger partial charge in [-0.15, -0.1) is 0 Å². The van der Waals surface area contributed by atoms with Crippen LogP contribution in [0.2, 0.25) is 5.02 Å². The minimum atomic E-state index is -5.44. The molecule has 0 aliphatic rings. The summed E-state index contributed by atoms with van der Waals surface area (Å²) in [5.74, 6) is -4.61. The first-order valence-electron chi connectivity index (χ1n) is 12.3. The van der Waals surface area contributed by atoms with Crippen LogP contribution in [0.1, 0.15) is 23.7 Å². The quantitative estimate of drug-likeness (QED) is 0.0866. The van der Waals surface area contributed by atoms with E-state index in [0.717, 1.165) is 18.2 Å². The van der Waals surface area contributed by atoms with Crippen molar-refractivity contribution in [2.24, 2.45) is 11.5 Å². The van der Waals surface area contributed by atoms with E-state index in [1.54, 1.807) is 6.07 Å². The van der Waals surface area contributed by atoms with Crippen molar-refractivity contribution in [1.82, 2.24) is 9.88 Å². The molecular weight excluding hydrogens is 647 g/mol. The van der Waals surface area contributed by atoms with Gasteiger partial charge in [0.05, 0.1) is 9.92 Å². The predicted octanol–water partition coefficient (Wildman–Crippen LogP) is 2.61. The highest BCUT2D eigenvalue weighted by Gasteiger charge is 2.43. The molecule has 0 spiro atoms. The Morgan fingerprint density at radius 1 is 1.13 bits per heavy atom. The second-order valence-corrected chi connectivity index (χ2v) is 11.2. The Morgan fingerprint density at radius 2 is 1.78 bits per heavy atom. The number of rotatable bonds is 11. The highest BCUT2D eigenvalue weighted by atomic mass is 35.5. The molecule has 0 aliphatic carbocycles. The molecule has 1 amide bonds. The molecule has 19 heteroatoms. The number of amides is 1. The van der Waals surface area contributed by atoms with Crippen molar-refractivity contribution >= 4 is 45.1 Å². The Bertz CT molecular complexity index is 1840. The normalized spacial score (nSPS) is 12.7. The van der Waals surface area contributed by atoms with Crippen molar-refractivity contribution in [3.8, 4) is 17.6 Å². The van der Waals surface area contributed by atoms with Crippen molar-refractivity contribution in [1.29, 1.82) is 10.7 Å². The van der Waals surface area contributed by atoms with Gasteiger partial charge in [0.1, 0.15) is 34.9 Å². The molecule has 1 aromatic heterocycles. The van der Waals surface area contributed by atoms with Crippen molar-refractivity contribution in [2.75, 3.05) is 4.72 Å². The van der Waals surface area contributed by atoms with Crippen LogP contribution in [-0.2, 0) is 24.3 Å². The van der Waals surface area contributed by atoms with Gasteiger partial charge in [-0.1, -0.05) is 17.7 Å². The van der Waals surface area contributed by atoms with Gasteiger partial charge in [0.15, 0.2) is 12.2 Å². The largest absolute Gasteiger partial charge is 0.491 e. The SMILES string of the molecule is Cc1ccc(NS(=O)(=O)c2ccc(Oc3cccc(Cl)c3C#N)cc2)c(=O)n1C(CC(NC(=N)N)OC(=O)C(F)(F)F)C(N)=O. The van der Waals surface area contributed by atoms with E-state index in [0.29, 0.717) is 4.57 Å². The number of ether oxygens (including phenoxy) is 2. The van der Waals surface area contributed by atoms with E-state index < -0.39 is 64.0 Å². The zero-order valence-electron chi connectivity index (χ0n) is 22.9. The summed E-state index contributed by atoms with van der Waals surface area (Å²) in [5.41, 5.74) is 8.95. The maximum Gasteiger partial charge on any atom is 0.491 e. The number of nitrogens with two attached hydrogens (primary N) is 2. The Hall–Kier alpha value is -5.28. The van der Waals surface area contributed by atoms with Crippen LogP contribution in [0.3, 0.4) is 0 Å². The first-order chi connectivity index (χ1) is 20.9. The Balaban J connectivity index is 1.91. The number of aromatic nitrogens is 1. The monoisotopic (exact) mass is 669 g/mol. The van der Waals surface area contributed by atoms with Crippen LogP contribution >= 0.6 is 11.6 Å². The lowest BCUT2D eigenvalue weighted by molar-refractivity contribution is -0.206. The summed E-state index contributed by atoms with van der Waals surface area (Å²) in [6.45, 7) is 1.32. The number of benzene rings is 2. The molecule has 3 aromatic rings. The van der Waals surface area contributed by atoms with Gasteiger partial charge in [-0.2, -0.15) is 18.4 Å². The van der Waals surface area contributed by atoms with Gasteiger partial charge in [0, 0.05) is 12.1 Å². The average molecular weight is 670 g/mol. The lowest BCUT2D eigenvalue weighted by Gasteiger charge is -2.26. The maximum atomic E-state index is 13.4. The number of nitrogens with zero attached hydrogens (tertiary/aromatic N) is 2. The average Bonchev–Trinajstić information content (AvgIpc) is 2.93. The number of anilines is 1. The minimum absolute atomic E-state index is 0.0229. The maximum absolute atomic E-state index is 13.4. The molecule has 7 N–H and O–H groups in total. The number of nitrogens with one attached hydrogen (secondary N) is 3. The van der Waals surface area contributed by atoms with Crippen LogP contribution in [0.15, 0.2) is 64.3 Å². The van der Waals surface area contributed by atoms with Gasteiger partial charge < -0.3 is 26.3 Å². The molecule has 0 aliphatic heterocycles. The number of pyridine rings is 1. The molecule has 0 fully saturated rings. The Morgan fingerprint density at radius 3 is 2.33 bits per heavy atom. The molecule has 1 heterocycles. The van der Waals surface area contributed by atoms with E-state index in [1.807, 2.05) is 11.4 Å². The lowest BCUT2D eigenvalue weighted by Crippen LogP contribution is -2.47. The fraction of sp³-hybridized carbons (Fsp3) is 0.192. The summed E-state index contributed by atoms with van der Waals surface area (Å²) in [5, 5.41) is 18.7. The Labute approximate surface area is 257 Å². The Kier molecular flexibility index (Phi) is 10.3. The molecule has 0 bridgehead atoms. The van der Waals surface area contributed by atoms with Gasteiger partial charge in [0.2, 0.25) is 5.91 Å². The topological polar surface area (TPSA) is 232 Å². The van der Waals surface area contributed by atoms with Crippen molar-refractivity contribution in [3.63, 3.8) is 0 Å². The molecular formula is C26H23ClF3N7O7S. The molecule has 2 unspecified atom stereocenters. The van der Waals surface area contributed by atoms with Gasteiger partial charge in [-0.25, -0.2) is 13.2 Å². The molecule has 0 radical (unpaired) electrons. The number of aryl methyl sites for hydroxylation is 1. The second kappa shape index (κ2) is 13.6. The summed E-state index contributed by atoms with van der Waals surface area (Å²) in [6.07, 6.45) is -8.39. The van der Waals surface area contributed by atoms with Gasteiger partial charge in [-0.3, -0.25) is 24.3 Å². The van der Waals surface area contributed by atoms with Gasteiger partial charge >= 0.3 is 12.1 Å². The first kappa shape index (κ1) is 34.2. The van der Waals surface area contributed by atoms with E-state index in [4.69, 9.17) is 33.2 Å². The third kappa shape index (κ3) is 8.43. The molecule has 238 valence electrons. The molecule has 14 nitrogen and oxygen atoms in total. The lowest BCUT2D eigenvalue weighted by atomic mass is 10.1. The van der Waals surface area contributed by atoms with Gasteiger partial charge in [0.25, 0.3) is 15.6 Å². The second-order valence-electron chi connectivity index (χ2n) is 9.07. The number of hydrogen-bond acceptors (Lipinski definition) is 9. The summed E-state index contributed by atoms with van der Waals surface area (Å²) in [6, 6.07) is 11.7. The molecule has 2 aromatic carbocycles. The number of carbonyl (C=O) groups excluding carboxylic acids is 2. The van der Waals surface area contributed by atoms with Crippen LogP contribution in [-0.4, -0.2) is 43.2 Å². The highest BCUT2D eigenvalue weighted by molar-refractivity contribution is 7.92. The van der Waals surface area contributed by atoms with E-state index in [1.165, 1.54) is 37.3 Å². The van der Waals surface area contributed by atoms with Crippen LogP contribution in [0.25, 0.3) is 0 Å². The van der Waals surface area contributed by atoms with Gasteiger partial charge in [-0.05, 0) is 55.5 Å². The zero-order chi connectivity index (χ0) is 33.7. The molecule has 0 saturated carbocycles. The van der Waals surface area contributed by atoms with Crippen molar-refractivity contribution in [2.45, 2.75) is 36.7 Å². The van der Waals surface area contributed by atoms with Crippen LogP contribution < -0.4 is 31.8 Å². The van der Waals surface area contributed by atoms with E-state index >= 15 is 0 Å². The number of halogens is 4. The molecule has 0 saturated heterocycles. The van der Waals surface area contributed by atoms with E-state index in [-0.39, 0.29) is 32.7 Å². The number of guanidine groups is 1. The van der Waals surface area contributed by atoms with E-state index in [9.17, 15) is 41.2 Å². The van der Waals surface area contributed by atoms with Crippen molar-refractivity contribution in [3.05, 3.63) is 81.2 Å². The fourth-order valence-corrected chi connectivity index (χ4v) is 5.15. The zero-order valence-corrected chi connectivity index (χ0v) is 24.5. The summed E-state index contributed by atoms with van der Waals surface area (Å²) in [4.78, 5) is 36.8. The smallest absolute Gasteiger partial charge is 0.456 e. The van der Waals surface area contributed by atoms with Crippen LogP contribution in [0.5, 0.6) is 11.5 Å². The molecule has 2 atom stereocenters. The standard InChI is InChI=1S/C26H23ClF3N7O7S/c1-13-5-10-18(23(39)37(13)19(22(32)38)11-21(35-25(33)34)44-24(40)26(28,29)30)36-45(41,42)15-8-6-14(7-9-15)43-20-4-2-3-17(27)16(20)12-31/h2-10,19,21,36H,11H2,1H3,(H2,32,38)(H4,33,34,35). The summed E-state index contributed by atoms with van der Waals surface area (Å²) >= 11 is 5.99. The summed E-state index contributed by atoms with van der Waals surface area (Å²) in [7, 11) is -4.45. The number of carbonyl (C=O) groups is 2. The number of esters is 1. The minimum Gasteiger partial charge on any atom is -0.456 e. The molecule has 45 heavy (non-hydrogen) atoms. The van der Waals surface area contributed by atoms with E-state index in [2.05, 4.69) is 9.46 Å². The summed E-state index contributed by atoms with van der Waals surface area (Å²) < 4.78 is 77.3. The highest BCUT2D eigenvalue weighted by Crippen LogP contribution is 2.30. The number of nitriles is 1. The third-order valence-corrected chi connectivity index (χ3v) is 7.58. The number of primary amides is 1. The van der Waals surface area contributed by atoms with Crippen molar-refractivity contribution < 1.29 is 40.7 Å². The number of alkyl halides is 3. The number of hydrogen-bond donors (Lipinski definition) is 5. The molecule has 3 rings (SSSR count). The first-order valence-corrected chi connectivity index (χ1v) is 14.2.